The fourth-order valence-corrected chi connectivity index (χ4v) is 2.22. The van der Waals surface area contributed by atoms with Gasteiger partial charge in [0.25, 0.3) is 5.91 Å². The van der Waals surface area contributed by atoms with Gasteiger partial charge in [0.05, 0.1) is 11.4 Å². The zero-order valence-corrected chi connectivity index (χ0v) is 15.2. The normalized spacial score (nSPS) is 10.9. The Kier molecular flexibility index (Phi) is 6.57. The van der Waals surface area contributed by atoms with Gasteiger partial charge < -0.3 is 4.84 Å². The summed E-state index contributed by atoms with van der Waals surface area (Å²) in [6, 6.07) is 20.8. The Morgan fingerprint density at radius 3 is 2.28 bits per heavy atom. The standard InChI is InChI=1S/C22H16FN3O3/c23-18-9-7-17(8-10-18)22(28)25-24-19-11-13-20(14-12-19)26-29-21(27)15-6-16-4-2-1-3-5-16/h1-15,26H/b15-6+,25-24?. The number of carbonyl (C=O) groups excluding carboxylic acids is 2. The molecular formula is C22H16FN3O3. The smallest absolute Gasteiger partial charge is 0.339 e. The average molecular weight is 389 g/mol. The molecule has 1 N–H and O–H groups in total. The van der Waals surface area contributed by atoms with E-state index in [9.17, 15) is 14.0 Å². The fourth-order valence-electron chi connectivity index (χ4n) is 2.22. The van der Waals surface area contributed by atoms with Crippen molar-refractivity contribution in [2.45, 2.75) is 0 Å². The molecule has 0 heterocycles. The first kappa shape index (κ1) is 19.6. The number of amides is 1. The second-order valence-corrected chi connectivity index (χ2v) is 5.83. The number of anilines is 1. The molecule has 0 aliphatic carbocycles. The molecule has 6 nitrogen and oxygen atoms in total. The highest BCUT2D eigenvalue weighted by molar-refractivity contribution is 5.94. The van der Waals surface area contributed by atoms with Crippen LogP contribution < -0.4 is 5.48 Å². The summed E-state index contributed by atoms with van der Waals surface area (Å²) in [4.78, 5) is 28.5. The first-order chi connectivity index (χ1) is 14.1. The van der Waals surface area contributed by atoms with Gasteiger partial charge in [-0.2, -0.15) is 0 Å². The van der Waals surface area contributed by atoms with Crippen LogP contribution in [0.1, 0.15) is 15.9 Å². The van der Waals surface area contributed by atoms with Crippen LogP contribution in [0.5, 0.6) is 0 Å². The van der Waals surface area contributed by atoms with Gasteiger partial charge in [-0.15, -0.1) is 10.2 Å². The minimum atomic E-state index is -0.577. The first-order valence-corrected chi connectivity index (χ1v) is 8.62. The molecule has 144 valence electrons. The Hall–Kier alpha value is -4.13. The summed E-state index contributed by atoms with van der Waals surface area (Å²) in [7, 11) is 0. The van der Waals surface area contributed by atoms with E-state index in [2.05, 4.69) is 15.7 Å². The van der Waals surface area contributed by atoms with Crippen LogP contribution in [0, 0.1) is 5.82 Å². The summed E-state index contributed by atoms with van der Waals surface area (Å²) < 4.78 is 12.9. The van der Waals surface area contributed by atoms with Gasteiger partial charge in [-0.1, -0.05) is 30.3 Å². The third-order valence-electron chi connectivity index (χ3n) is 3.70. The van der Waals surface area contributed by atoms with Gasteiger partial charge >= 0.3 is 5.97 Å². The van der Waals surface area contributed by atoms with E-state index in [1.807, 2.05) is 30.3 Å². The summed E-state index contributed by atoms with van der Waals surface area (Å²) >= 11 is 0. The molecule has 0 bridgehead atoms. The molecule has 0 fully saturated rings. The largest absolute Gasteiger partial charge is 0.355 e. The summed E-state index contributed by atoms with van der Waals surface area (Å²) in [6.07, 6.45) is 2.96. The van der Waals surface area contributed by atoms with Crippen molar-refractivity contribution in [2.75, 3.05) is 5.48 Å². The van der Waals surface area contributed by atoms with Gasteiger partial charge in [0.15, 0.2) is 0 Å². The number of halogens is 1. The minimum absolute atomic E-state index is 0.240. The highest BCUT2D eigenvalue weighted by Gasteiger charge is 2.04. The lowest BCUT2D eigenvalue weighted by Crippen LogP contribution is -2.07. The van der Waals surface area contributed by atoms with Gasteiger partial charge in [-0.25, -0.2) is 14.7 Å². The molecule has 0 unspecified atom stereocenters. The molecule has 29 heavy (non-hydrogen) atoms. The number of hydrogen-bond donors (Lipinski definition) is 1. The predicted octanol–water partition coefficient (Wildman–Crippen LogP) is 5.33. The molecule has 3 rings (SSSR count). The lowest BCUT2D eigenvalue weighted by molar-refractivity contribution is -0.134. The molecule has 0 saturated heterocycles. The third-order valence-corrected chi connectivity index (χ3v) is 3.70. The Labute approximate surface area is 166 Å². The van der Waals surface area contributed by atoms with Crippen molar-refractivity contribution in [3.05, 3.63) is 102 Å². The zero-order chi connectivity index (χ0) is 20.5. The van der Waals surface area contributed by atoms with Gasteiger partial charge in [-0.05, 0) is 60.2 Å². The lowest BCUT2D eigenvalue weighted by Gasteiger charge is -2.04. The van der Waals surface area contributed by atoms with E-state index in [0.717, 1.165) is 5.56 Å². The average Bonchev–Trinajstić information content (AvgIpc) is 2.76. The second-order valence-electron chi connectivity index (χ2n) is 5.83. The molecule has 1 amide bonds. The van der Waals surface area contributed by atoms with E-state index in [1.165, 1.54) is 30.3 Å². The van der Waals surface area contributed by atoms with Crippen molar-refractivity contribution < 1.29 is 18.8 Å². The first-order valence-electron chi connectivity index (χ1n) is 8.62. The molecule has 7 heteroatoms. The quantitative estimate of drug-likeness (QED) is 0.351. The maximum Gasteiger partial charge on any atom is 0.355 e. The molecule has 0 atom stereocenters. The lowest BCUT2D eigenvalue weighted by atomic mass is 10.2. The molecule has 3 aromatic carbocycles. The van der Waals surface area contributed by atoms with Gasteiger partial charge in [0.1, 0.15) is 5.82 Å². The minimum Gasteiger partial charge on any atom is -0.339 e. The molecule has 0 aliphatic rings. The van der Waals surface area contributed by atoms with Gasteiger partial charge in [0, 0.05) is 11.6 Å². The zero-order valence-electron chi connectivity index (χ0n) is 15.2. The number of nitrogens with one attached hydrogen (secondary N) is 1. The number of carbonyl (C=O) groups is 2. The Balaban J connectivity index is 1.50. The van der Waals surface area contributed by atoms with Crippen LogP contribution in [0.4, 0.5) is 15.8 Å². The summed E-state index contributed by atoms with van der Waals surface area (Å²) in [5.74, 6) is -1.56. The molecule has 0 aliphatic heterocycles. The van der Waals surface area contributed by atoms with Crippen LogP contribution in [0.15, 0.2) is 95.2 Å². The van der Waals surface area contributed by atoms with Crippen molar-refractivity contribution in [1.82, 2.24) is 0 Å². The summed E-state index contributed by atoms with van der Waals surface area (Å²) in [6.45, 7) is 0. The van der Waals surface area contributed by atoms with Crippen LogP contribution in [0.25, 0.3) is 6.08 Å². The van der Waals surface area contributed by atoms with Gasteiger partial charge in [-0.3, -0.25) is 4.79 Å². The summed E-state index contributed by atoms with van der Waals surface area (Å²) in [5.41, 5.74) is 4.61. The van der Waals surface area contributed by atoms with E-state index in [-0.39, 0.29) is 5.56 Å². The van der Waals surface area contributed by atoms with Crippen molar-refractivity contribution in [3.8, 4) is 0 Å². The predicted molar refractivity (Wildman–Crippen MR) is 107 cm³/mol. The fraction of sp³-hybridized carbons (Fsp3) is 0. The Bertz CT molecular complexity index is 1030. The molecule has 3 aromatic rings. The molecule has 0 radical (unpaired) electrons. The maximum absolute atomic E-state index is 12.9. The van der Waals surface area contributed by atoms with Crippen LogP contribution in [0.2, 0.25) is 0 Å². The molecule has 0 saturated carbocycles. The summed E-state index contributed by atoms with van der Waals surface area (Å²) in [5, 5.41) is 7.44. The number of nitrogens with zero attached hydrogens (tertiary/aromatic N) is 2. The van der Waals surface area contributed by atoms with E-state index in [4.69, 9.17) is 4.84 Å². The van der Waals surface area contributed by atoms with E-state index in [0.29, 0.717) is 11.4 Å². The van der Waals surface area contributed by atoms with Crippen LogP contribution in [-0.2, 0) is 9.63 Å². The topological polar surface area (TPSA) is 80.1 Å². The number of benzene rings is 3. The highest BCUT2D eigenvalue weighted by Crippen LogP contribution is 2.17. The molecular weight excluding hydrogens is 373 g/mol. The number of hydrogen-bond acceptors (Lipinski definition) is 5. The molecule has 0 aromatic heterocycles. The van der Waals surface area contributed by atoms with Crippen molar-refractivity contribution >= 4 is 29.3 Å². The molecule has 0 spiro atoms. The Morgan fingerprint density at radius 1 is 0.897 bits per heavy atom. The Morgan fingerprint density at radius 2 is 1.59 bits per heavy atom. The van der Waals surface area contributed by atoms with Gasteiger partial charge in [0.2, 0.25) is 0 Å². The van der Waals surface area contributed by atoms with E-state index >= 15 is 0 Å². The van der Waals surface area contributed by atoms with Crippen molar-refractivity contribution in [2.24, 2.45) is 10.2 Å². The van der Waals surface area contributed by atoms with Crippen LogP contribution in [-0.4, -0.2) is 11.9 Å². The maximum atomic E-state index is 12.9. The third kappa shape index (κ3) is 6.21. The van der Waals surface area contributed by atoms with E-state index < -0.39 is 17.7 Å². The monoisotopic (exact) mass is 389 g/mol. The van der Waals surface area contributed by atoms with Crippen molar-refractivity contribution in [1.29, 1.82) is 0 Å². The van der Waals surface area contributed by atoms with Crippen LogP contribution in [0.3, 0.4) is 0 Å². The van der Waals surface area contributed by atoms with Crippen LogP contribution >= 0.6 is 0 Å². The second kappa shape index (κ2) is 9.70. The number of azo groups is 1. The SMILES string of the molecule is O=C(/C=C/c1ccccc1)ONc1ccc(N=NC(=O)c2ccc(F)cc2)cc1. The van der Waals surface area contributed by atoms with E-state index in [1.54, 1.807) is 30.3 Å². The number of rotatable bonds is 6. The highest BCUT2D eigenvalue weighted by atomic mass is 19.1. The van der Waals surface area contributed by atoms with Crippen molar-refractivity contribution in [3.63, 3.8) is 0 Å².